The van der Waals surface area contributed by atoms with Crippen molar-refractivity contribution in [1.82, 2.24) is 14.8 Å². The second kappa shape index (κ2) is 5.65. The minimum Gasteiger partial charge on any atom is -0.297 e. The minimum absolute atomic E-state index is 0.452. The van der Waals surface area contributed by atoms with E-state index in [0.717, 1.165) is 23.1 Å². The summed E-state index contributed by atoms with van der Waals surface area (Å²) in [5.41, 5.74) is 1.18. The van der Waals surface area contributed by atoms with Gasteiger partial charge in [-0.2, -0.15) is 0 Å². The summed E-state index contributed by atoms with van der Waals surface area (Å²) in [5, 5.41) is 8.47. The van der Waals surface area contributed by atoms with Gasteiger partial charge in [-0.25, -0.2) is 0 Å². The summed E-state index contributed by atoms with van der Waals surface area (Å²) in [6.45, 7) is 2.83. The molecule has 0 saturated heterocycles. The van der Waals surface area contributed by atoms with Crippen molar-refractivity contribution in [2.75, 3.05) is 0 Å². The Morgan fingerprint density at radius 2 is 2.18 bits per heavy atom. The Kier molecular flexibility index (Phi) is 4.18. The van der Waals surface area contributed by atoms with Crippen LogP contribution in [0.2, 0.25) is 5.28 Å². The molecule has 0 amide bonds. The highest BCUT2D eigenvalue weighted by atomic mass is 79.9. The predicted octanol–water partition coefficient (Wildman–Crippen LogP) is 3.69. The quantitative estimate of drug-likeness (QED) is 0.861. The van der Waals surface area contributed by atoms with E-state index in [1.54, 1.807) is 0 Å². The van der Waals surface area contributed by atoms with Gasteiger partial charge in [0.25, 0.3) is 0 Å². The van der Waals surface area contributed by atoms with Gasteiger partial charge in [-0.05, 0) is 35.7 Å². The fourth-order valence-electron chi connectivity index (χ4n) is 1.70. The van der Waals surface area contributed by atoms with Crippen LogP contribution in [0.5, 0.6) is 0 Å². The van der Waals surface area contributed by atoms with Crippen LogP contribution < -0.4 is 0 Å². The summed E-state index contributed by atoms with van der Waals surface area (Å²) in [6, 6.07) is 8.16. The molecule has 0 aliphatic carbocycles. The minimum atomic E-state index is 0.452. The van der Waals surface area contributed by atoms with Crippen molar-refractivity contribution in [2.45, 2.75) is 26.3 Å². The number of aryl methyl sites for hydroxylation is 1. The average molecular weight is 315 g/mol. The van der Waals surface area contributed by atoms with Crippen LogP contribution in [0.25, 0.3) is 0 Å². The Balaban J connectivity index is 2.26. The van der Waals surface area contributed by atoms with Crippen LogP contribution >= 0.6 is 27.5 Å². The Hall–Kier alpha value is -0.870. The Labute approximate surface area is 114 Å². The van der Waals surface area contributed by atoms with Crippen LogP contribution in [0.4, 0.5) is 0 Å². The summed E-state index contributed by atoms with van der Waals surface area (Å²) in [4.78, 5) is 0. The first-order chi connectivity index (χ1) is 8.20. The summed E-state index contributed by atoms with van der Waals surface area (Å²) in [7, 11) is 0. The third kappa shape index (κ3) is 3.07. The molecule has 0 fully saturated rings. The van der Waals surface area contributed by atoms with E-state index < -0.39 is 0 Å². The fourth-order valence-corrected chi connectivity index (χ4v) is 2.34. The second-order valence-electron chi connectivity index (χ2n) is 3.85. The van der Waals surface area contributed by atoms with Gasteiger partial charge in [-0.1, -0.05) is 35.0 Å². The zero-order valence-electron chi connectivity index (χ0n) is 9.53. The van der Waals surface area contributed by atoms with Crippen LogP contribution in [0, 0.1) is 0 Å². The molecule has 0 unspecified atom stereocenters. The highest BCUT2D eigenvalue weighted by Gasteiger charge is 2.09. The smallest absolute Gasteiger partial charge is 0.225 e. The number of hydrogen-bond acceptors (Lipinski definition) is 2. The molecule has 0 atom stereocenters. The molecule has 90 valence electrons. The SMILES string of the molecule is CCCc1nnc(Cl)n1Cc1cccc(Br)c1. The molecule has 1 aromatic heterocycles. The van der Waals surface area contributed by atoms with E-state index >= 15 is 0 Å². The van der Waals surface area contributed by atoms with Gasteiger partial charge in [0.05, 0.1) is 6.54 Å². The van der Waals surface area contributed by atoms with Crippen molar-refractivity contribution in [1.29, 1.82) is 0 Å². The van der Waals surface area contributed by atoms with Gasteiger partial charge in [0, 0.05) is 10.9 Å². The molecule has 0 saturated carbocycles. The van der Waals surface area contributed by atoms with Crippen LogP contribution in [-0.4, -0.2) is 14.8 Å². The molecule has 17 heavy (non-hydrogen) atoms. The normalized spacial score (nSPS) is 10.8. The molecule has 2 rings (SSSR count). The molecule has 3 nitrogen and oxygen atoms in total. The van der Waals surface area contributed by atoms with E-state index in [9.17, 15) is 0 Å². The molecule has 0 spiro atoms. The van der Waals surface area contributed by atoms with Gasteiger partial charge >= 0.3 is 0 Å². The molecule has 0 aliphatic rings. The second-order valence-corrected chi connectivity index (χ2v) is 5.11. The Bertz CT molecular complexity index is 510. The van der Waals surface area contributed by atoms with Crippen LogP contribution in [-0.2, 0) is 13.0 Å². The molecular formula is C12H13BrClN3. The van der Waals surface area contributed by atoms with E-state index in [4.69, 9.17) is 11.6 Å². The standard InChI is InChI=1S/C12H13BrClN3/c1-2-4-11-15-16-12(14)17(11)8-9-5-3-6-10(13)7-9/h3,5-7H,2,4,8H2,1H3. The number of aromatic nitrogens is 3. The number of hydrogen-bond donors (Lipinski definition) is 0. The van der Waals surface area contributed by atoms with Crippen molar-refractivity contribution in [3.63, 3.8) is 0 Å². The maximum atomic E-state index is 6.05. The maximum Gasteiger partial charge on any atom is 0.225 e. The number of benzene rings is 1. The molecule has 0 bridgehead atoms. The fraction of sp³-hybridized carbons (Fsp3) is 0.333. The van der Waals surface area contributed by atoms with Crippen LogP contribution in [0.3, 0.4) is 0 Å². The van der Waals surface area contributed by atoms with E-state index in [-0.39, 0.29) is 0 Å². The summed E-state index contributed by atoms with van der Waals surface area (Å²) >= 11 is 9.51. The highest BCUT2D eigenvalue weighted by Crippen LogP contribution is 2.16. The topological polar surface area (TPSA) is 30.7 Å². The lowest BCUT2D eigenvalue weighted by Crippen LogP contribution is -2.05. The predicted molar refractivity (Wildman–Crippen MR) is 72.3 cm³/mol. The molecule has 0 radical (unpaired) electrons. The van der Waals surface area contributed by atoms with Crippen molar-refractivity contribution in [3.8, 4) is 0 Å². The van der Waals surface area contributed by atoms with Crippen molar-refractivity contribution >= 4 is 27.5 Å². The maximum absolute atomic E-state index is 6.05. The van der Waals surface area contributed by atoms with Crippen molar-refractivity contribution in [2.24, 2.45) is 0 Å². The molecule has 0 N–H and O–H groups in total. The van der Waals surface area contributed by atoms with Crippen molar-refractivity contribution < 1.29 is 0 Å². The average Bonchev–Trinajstić information content (AvgIpc) is 2.62. The molecule has 1 aromatic carbocycles. The number of rotatable bonds is 4. The third-order valence-electron chi connectivity index (χ3n) is 2.49. The molecular weight excluding hydrogens is 302 g/mol. The van der Waals surface area contributed by atoms with Gasteiger partial charge in [0.15, 0.2) is 0 Å². The lowest BCUT2D eigenvalue weighted by atomic mass is 10.2. The summed E-state index contributed by atoms with van der Waals surface area (Å²) < 4.78 is 3.02. The van der Waals surface area contributed by atoms with E-state index in [1.165, 1.54) is 5.56 Å². The van der Waals surface area contributed by atoms with Gasteiger partial charge in [0.2, 0.25) is 5.28 Å². The van der Waals surface area contributed by atoms with Crippen LogP contribution in [0.1, 0.15) is 24.7 Å². The lowest BCUT2D eigenvalue weighted by molar-refractivity contribution is 0.705. The van der Waals surface area contributed by atoms with Crippen LogP contribution in [0.15, 0.2) is 28.7 Å². The zero-order valence-corrected chi connectivity index (χ0v) is 11.9. The van der Waals surface area contributed by atoms with E-state index in [2.05, 4.69) is 45.2 Å². The largest absolute Gasteiger partial charge is 0.297 e. The lowest BCUT2D eigenvalue weighted by Gasteiger charge is -2.07. The third-order valence-corrected chi connectivity index (χ3v) is 3.26. The van der Waals surface area contributed by atoms with Gasteiger partial charge in [-0.15, -0.1) is 10.2 Å². The first kappa shape index (κ1) is 12.6. The molecule has 0 aliphatic heterocycles. The Morgan fingerprint density at radius 1 is 1.35 bits per heavy atom. The van der Waals surface area contributed by atoms with E-state index in [0.29, 0.717) is 11.8 Å². The Morgan fingerprint density at radius 3 is 2.88 bits per heavy atom. The zero-order chi connectivity index (χ0) is 12.3. The summed E-state index contributed by atoms with van der Waals surface area (Å²) in [6.07, 6.45) is 1.93. The van der Waals surface area contributed by atoms with Gasteiger partial charge < -0.3 is 0 Å². The molecule has 1 heterocycles. The number of nitrogens with zero attached hydrogens (tertiary/aromatic N) is 3. The summed E-state index contributed by atoms with van der Waals surface area (Å²) in [5.74, 6) is 0.942. The van der Waals surface area contributed by atoms with Gasteiger partial charge in [0.1, 0.15) is 5.82 Å². The first-order valence-electron chi connectivity index (χ1n) is 5.52. The highest BCUT2D eigenvalue weighted by molar-refractivity contribution is 9.10. The molecule has 2 aromatic rings. The monoisotopic (exact) mass is 313 g/mol. The first-order valence-corrected chi connectivity index (χ1v) is 6.70. The van der Waals surface area contributed by atoms with E-state index in [1.807, 2.05) is 16.7 Å². The molecule has 5 heteroatoms. The van der Waals surface area contributed by atoms with Gasteiger partial charge in [-0.3, -0.25) is 4.57 Å². The number of halogens is 2. The van der Waals surface area contributed by atoms with Crippen molar-refractivity contribution in [3.05, 3.63) is 45.4 Å².